The lowest BCUT2D eigenvalue weighted by atomic mass is 10.1. The Morgan fingerprint density at radius 1 is 1.14 bits per heavy atom. The van der Waals surface area contributed by atoms with Crippen molar-refractivity contribution in [3.8, 4) is 11.3 Å². The number of hydrogen-bond acceptors (Lipinski definition) is 9. The normalized spacial score (nSPS) is 15.5. The molecule has 1 atom stereocenters. The number of sulfone groups is 1. The molecule has 0 radical (unpaired) electrons. The van der Waals surface area contributed by atoms with Gasteiger partial charge >= 0.3 is 0 Å². The minimum Gasteiger partial charge on any atom is -0.383 e. The van der Waals surface area contributed by atoms with E-state index in [0.717, 1.165) is 54.5 Å². The van der Waals surface area contributed by atoms with Crippen LogP contribution in [-0.2, 0) is 19.4 Å². The Bertz CT molecular complexity index is 1720. The van der Waals surface area contributed by atoms with Gasteiger partial charge in [-0.05, 0) is 37.7 Å². The van der Waals surface area contributed by atoms with E-state index in [2.05, 4.69) is 42.4 Å². The summed E-state index contributed by atoms with van der Waals surface area (Å²) in [6.07, 6.45) is 4.36. The molecule has 13 heteroatoms. The van der Waals surface area contributed by atoms with Crippen molar-refractivity contribution in [2.45, 2.75) is 17.9 Å². The number of aromatic amines is 1. The van der Waals surface area contributed by atoms with Crippen molar-refractivity contribution < 1.29 is 22.3 Å². The van der Waals surface area contributed by atoms with E-state index in [0.29, 0.717) is 11.4 Å². The van der Waals surface area contributed by atoms with E-state index in [1.54, 1.807) is 19.5 Å². The van der Waals surface area contributed by atoms with Crippen molar-refractivity contribution in [2.24, 2.45) is 0 Å². The number of nitrogens with zero attached hydrogens (tertiary/aromatic N) is 4. The SMILES string of the molecule is COC[C@H](C(=O)Nc1cccc2c(-c3nc(Nc4cccc(S(C)(=O)=O)c4F)ncc3C)c[nH]c12)N1CCN(C)CC1. The van der Waals surface area contributed by atoms with Crippen LogP contribution in [0.4, 0.5) is 21.7 Å². The van der Waals surface area contributed by atoms with Gasteiger partial charge < -0.3 is 25.3 Å². The topological polar surface area (TPSA) is 133 Å². The van der Waals surface area contributed by atoms with Gasteiger partial charge in [0.05, 0.1) is 29.2 Å². The Labute approximate surface area is 244 Å². The molecule has 3 heterocycles. The van der Waals surface area contributed by atoms with E-state index in [1.807, 2.05) is 25.1 Å². The van der Waals surface area contributed by atoms with Crippen molar-refractivity contribution in [3.63, 3.8) is 0 Å². The number of fused-ring (bicyclic) bond motifs is 1. The number of piperazine rings is 1. The number of halogens is 1. The standard InChI is InChI=1S/C29H34FN7O4S/c1-18-15-32-29(34-21-8-6-10-24(25(21)30)42(4,39)40)35-26(18)20-16-31-27-19(20)7-5-9-22(27)33-28(38)23(17-41-3)37-13-11-36(2)12-14-37/h5-10,15-16,23,31H,11-14,17H2,1-4H3,(H,33,38)(H,32,34,35)/t23-/m1/s1. The molecular formula is C29H34FN7O4S. The van der Waals surface area contributed by atoms with Crippen molar-refractivity contribution >= 4 is 44.0 Å². The summed E-state index contributed by atoms with van der Waals surface area (Å²) >= 11 is 0. The number of aromatic nitrogens is 3. The number of likely N-dealkylation sites (N-methyl/N-ethyl adjacent to an activating group) is 1. The summed E-state index contributed by atoms with van der Waals surface area (Å²) in [7, 11) is -0.0904. The molecule has 222 valence electrons. The van der Waals surface area contributed by atoms with E-state index in [9.17, 15) is 17.6 Å². The number of carbonyl (C=O) groups excluding carboxylic acids is 1. The number of rotatable bonds is 9. The summed E-state index contributed by atoms with van der Waals surface area (Å²) in [6, 6.07) is 9.28. The monoisotopic (exact) mass is 595 g/mol. The fraction of sp³-hybridized carbons (Fsp3) is 0.345. The zero-order chi connectivity index (χ0) is 30.0. The summed E-state index contributed by atoms with van der Waals surface area (Å²) in [4.78, 5) is 29.6. The second-order valence-electron chi connectivity index (χ2n) is 10.5. The molecule has 42 heavy (non-hydrogen) atoms. The van der Waals surface area contributed by atoms with Crippen LogP contribution in [0.2, 0.25) is 0 Å². The summed E-state index contributed by atoms with van der Waals surface area (Å²) in [5.74, 6) is -0.941. The highest BCUT2D eigenvalue weighted by atomic mass is 32.2. The number of amides is 1. The number of methoxy groups -OCH3 is 1. The van der Waals surface area contributed by atoms with Gasteiger partial charge in [-0.25, -0.2) is 22.8 Å². The molecule has 2 aromatic heterocycles. The molecule has 0 aliphatic carbocycles. The Morgan fingerprint density at radius 3 is 2.57 bits per heavy atom. The first-order valence-corrected chi connectivity index (χ1v) is 15.4. The van der Waals surface area contributed by atoms with E-state index in [1.165, 1.54) is 18.2 Å². The highest BCUT2D eigenvalue weighted by Gasteiger charge is 2.29. The third-order valence-corrected chi connectivity index (χ3v) is 8.53. The molecule has 0 bridgehead atoms. The maximum Gasteiger partial charge on any atom is 0.244 e. The van der Waals surface area contributed by atoms with Crippen LogP contribution in [0, 0.1) is 12.7 Å². The lowest BCUT2D eigenvalue weighted by Crippen LogP contribution is -2.54. The summed E-state index contributed by atoms with van der Waals surface area (Å²) < 4.78 is 44.3. The van der Waals surface area contributed by atoms with E-state index >= 15 is 0 Å². The van der Waals surface area contributed by atoms with Gasteiger partial charge in [0.2, 0.25) is 11.9 Å². The average molecular weight is 596 g/mol. The number of ether oxygens (including phenoxy) is 1. The average Bonchev–Trinajstić information content (AvgIpc) is 3.39. The molecule has 1 fully saturated rings. The van der Waals surface area contributed by atoms with Crippen molar-refractivity contribution in [1.82, 2.24) is 24.8 Å². The maximum absolute atomic E-state index is 15.0. The lowest BCUT2D eigenvalue weighted by Gasteiger charge is -2.36. The van der Waals surface area contributed by atoms with Gasteiger partial charge in [-0.2, -0.15) is 0 Å². The van der Waals surface area contributed by atoms with Crippen LogP contribution in [0.3, 0.4) is 0 Å². The van der Waals surface area contributed by atoms with E-state index in [4.69, 9.17) is 4.74 Å². The molecular weight excluding hydrogens is 561 g/mol. The van der Waals surface area contributed by atoms with Gasteiger partial charge in [0.1, 0.15) is 10.9 Å². The molecule has 0 saturated carbocycles. The van der Waals surface area contributed by atoms with Crippen LogP contribution in [0.15, 0.2) is 53.7 Å². The Balaban J connectivity index is 1.43. The second kappa shape index (κ2) is 12.1. The Hall–Kier alpha value is -3.91. The first kappa shape index (κ1) is 29.6. The van der Waals surface area contributed by atoms with Gasteiger partial charge in [-0.1, -0.05) is 18.2 Å². The van der Waals surface area contributed by atoms with E-state index < -0.39 is 26.6 Å². The van der Waals surface area contributed by atoms with E-state index in [-0.39, 0.29) is 24.1 Å². The number of H-pyrrole nitrogens is 1. The van der Waals surface area contributed by atoms with Crippen LogP contribution in [0.1, 0.15) is 5.56 Å². The Kier molecular flexibility index (Phi) is 8.55. The molecule has 1 aliphatic rings. The van der Waals surface area contributed by atoms with Gasteiger partial charge in [-0.3, -0.25) is 9.69 Å². The van der Waals surface area contributed by atoms with Crippen molar-refractivity contribution in [1.29, 1.82) is 0 Å². The van der Waals surface area contributed by atoms with Crippen molar-refractivity contribution in [2.75, 3.05) is 63.8 Å². The van der Waals surface area contributed by atoms with Gasteiger partial charge in [0.25, 0.3) is 0 Å². The number of hydrogen-bond donors (Lipinski definition) is 3. The number of nitrogens with one attached hydrogen (secondary N) is 3. The minimum atomic E-state index is -3.75. The lowest BCUT2D eigenvalue weighted by molar-refractivity contribution is -0.124. The molecule has 1 amide bonds. The third kappa shape index (κ3) is 6.14. The first-order chi connectivity index (χ1) is 20.1. The van der Waals surface area contributed by atoms with Crippen LogP contribution in [0.25, 0.3) is 22.2 Å². The largest absolute Gasteiger partial charge is 0.383 e. The van der Waals surface area contributed by atoms with Gasteiger partial charge in [0, 0.05) is 62.9 Å². The van der Waals surface area contributed by atoms with Crippen LogP contribution < -0.4 is 10.6 Å². The zero-order valence-electron chi connectivity index (χ0n) is 23.9. The van der Waals surface area contributed by atoms with Crippen LogP contribution in [-0.4, -0.2) is 98.3 Å². The molecule has 4 aromatic rings. The van der Waals surface area contributed by atoms with Crippen LogP contribution >= 0.6 is 0 Å². The van der Waals surface area contributed by atoms with Crippen LogP contribution in [0.5, 0.6) is 0 Å². The Morgan fingerprint density at radius 2 is 1.86 bits per heavy atom. The third-order valence-electron chi connectivity index (χ3n) is 7.42. The molecule has 2 aromatic carbocycles. The van der Waals surface area contributed by atoms with Crippen molar-refractivity contribution in [3.05, 3.63) is 60.2 Å². The highest BCUT2D eigenvalue weighted by molar-refractivity contribution is 7.90. The number of carbonyl (C=O) groups is 1. The number of benzene rings is 2. The minimum absolute atomic E-state index is 0.0531. The molecule has 1 saturated heterocycles. The number of para-hydroxylation sites is 1. The molecule has 11 nitrogen and oxygen atoms in total. The number of aryl methyl sites for hydroxylation is 1. The molecule has 0 spiro atoms. The van der Waals surface area contributed by atoms with Gasteiger partial charge in [-0.15, -0.1) is 0 Å². The maximum atomic E-state index is 15.0. The predicted octanol–water partition coefficient (Wildman–Crippen LogP) is 3.42. The molecule has 0 unspecified atom stereocenters. The fourth-order valence-corrected chi connectivity index (χ4v) is 5.86. The zero-order valence-corrected chi connectivity index (χ0v) is 24.8. The van der Waals surface area contributed by atoms with Gasteiger partial charge in [0.15, 0.2) is 15.7 Å². The molecule has 5 rings (SSSR count). The predicted molar refractivity (Wildman–Crippen MR) is 160 cm³/mol. The molecule has 3 N–H and O–H groups in total. The second-order valence-corrected chi connectivity index (χ2v) is 12.5. The number of anilines is 3. The summed E-state index contributed by atoms with van der Waals surface area (Å²) in [5, 5.41) is 6.72. The quantitative estimate of drug-likeness (QED) is 0.266. The highest BCUT2D eigenvalue weighted by Crippen LogP contribution is 2.34. The fourth-order valence-electron chi connectivity index (χ4n) is 5.10. The molecule has 1 aliphatic heterocycles. The first-order valence-electron chi connectivity index (χ1n) is 13.5. The summed E-state index contributed by atoms with van der Waals surface area (Å²) in [6.45, 7) is 5.47. The summed E-state index contributed by atoms with van der Waals surface area (Å²) in [5.41, 5.74) is 3.44. The smallest absolute Gasteiger partial charge is 0.244 e.